The molecule has 0 bridgehead atoms. The molecule has 0 atom stereocenters. The van der Waals surface area contributed by atoms with Crippen LogP contribution in [0.2, 0.25) is 0 Å². The van der Waals surface area contributed by atoms with Gasteiger partial charge in [-0.15, -0.1) is 0 Å². The van der Waals surface area contributed by atoms with E-state index in [1.807, 2.05) is 74.7 Å². The quantitative estimate of drug-likeness (QED) is 0.534. The van der Waals surface area contributed by atoms with E-state index in [2.05, 4.69) is 4.99 Å². The molecule has 0 unspecified atom stereocenters. The number of hydrogen-bond acceptors (Lipinski definition) is 4. The van der Waals surface area contributed by atoms with E-state index in [-0.39, 0.29) is 11.9 Å². The second kappa shape index (κ2) is 7.62. The monoisotopic (exact) mass is 387 g/mol. The van der Waals surface area contributed by atoms with Crippen LogP contribution < -0.4 is 5.49 Å². The summed E-state index contributed by atoms with van der Waals surface area (Å²) in [5, 5.41) is 5.74. The lowest BCUT2D eigenvalue weighted by molar-refractivity contribution is 0.0897. The Hall–Kier alpha value is -3.28. The van der Waals surface area contributed by atoms with Crippen molar-refractivity contribution in [3.8, 4) is 0 Å². The number of aryl methyl sites for hydroxylation is 2. The number of fused-ring (bicyclic) bond motifs is 3. The molecule has 3 heterocycles. The molecule has 6 nitrogen and oxygen atoms in total. The first kappa shape index (κ1) is 19.1. The van der Waals surface area contributed by atoms with Crippen molar-refractivity contribution in [2.75, 3.05) is 0 Å². The maximum Gasteiger partial charge on any atom is 0.232 e. The molecular formula is C23H25N5O. The molecule has 6 heteroatoms. The van der Waals surface area contributed by atoms with Crippen molar-refractivity contribution in [1.82, 2.24) is 19.2 Å². The van der Waals surface area contributed by atoms with Crippen LogP contribution in [-0.2, 0) is 6.42 Å². The normalized spacial score (nSPS) is 12.4. The van der Waals surface area contributed by atoms with Crippen molar-refractivity contribution in [3.63, 3.8) is 0 Å². The van der Waals surface area contributed by atoms with Crippen molar-refractivity contribution < 1.29 is 4.79 Å². The summed E-state index contributed by atoms with van der Waals surface area (Å²) in [5.41, 5.74) is 5.52. The SMILES string of the molecule is Cc1nc2c3ccccc3nn2c(C)c1CCC(=O)n1ccccc1=NC(C)C. The van der Waals surface area contributed by atoms with Gasteiger partial charge in [-0.05, 0) is 63.9 Å². The predicted molar refractivity (Wildman–Crippen MR) is 114 cm³/mol. The Kier molecular flexibility index (Phi) is 5.01. The molecule has 1 aromatic carbocycles. The van der Waals surface area contributed by atoms with Crippen LogP contribution in [-0.4, -0.2) is 31.1 Å². The van der Waals surface area contributed by atoms with Gasteiger partial charge in [0.05, 0.1) is 5.52 Å². The number of carbonyl (C=O) groups excluding carboxylic acids is 1. The summed E-state index contributed by atoms with van der Waals surface area (Å²) in [6, 6.07) is 13.8. The van der Waals surface area contributed by atoms with Crippen molar-refractivity contribution in [2.24, 2.45) is 4.99 Å². The molecule has 0 spiro atoms. The topological polar surface area (TPSA) is 64.6 Å². The van der Waals surface area contributed by atoms with Crippen LogP contribution in [0, 0.1) is 13.8 Å². The average molecular weight is 387 g/mol. The Labute approximate surface area is 169 Å². The summed E-state index contributed by atoms with van der Waals surface area (Å²) in [4.78, 5) is 22.3. The van der Waals surface area contributed by atoms with E-state index in [4.69, 9.17) is 10.1 Å². The maximum absolute atomic E-state index is 12.9. The Morgan fingerprint density at radius 2 is 1.86 bits per heavy atom. The summed E-state index contributed by atoms with van der Waals surface area (Å²) in [7, 11) is 0. The first-order chi connectivity index (χ1) is 14.0. The molecule has 0 saturated heterocycles. The van der Waals surface area contributed by atoms with E-state index < -0.39 is 0 Å². The van der Waals surface area contributed by atoms with Gasteiger partial charge >= 0.3 is 0 Å². The van der Waals surface area contributed by atoms with E-state index in [0.29, 0.717) is 18.3 Å². The number of benzene rings is 1. The highest BCUT2D eigenvalue weighted by Crippen LogP contribution is 2.23. The van der Waals surface area contributed by atoms with Crippen LogP contribution in [0.5, 0.6) is 0 Å². The third kappa shape index (κ3) is 3.58. The Morgan fingerprint density at radius 3 is 2.66 bits per heavy atom. The maximum atomic E-state index is 12.9. The predicted octanol–water partition coefficient (Wildman–Crippen LogP) is 3.88. The van der Waals surface area contributed by atoms with E-state index in [1.165, 1.54) is 0 Å². The minimum atomic E-state index is 0.0227. The van der Waals surface area contributed by atoms with Gasteiger partial charge in [-0.25, -0.2) is 9.50 Å². The summed E-state index contributed by atoms with van der Waals surface area (Å²) in [6.07, 6.45) is 2.77. The van der Waals surface area contributed by atoms with Crippen LogP contribution >= 0.6 is 0 Å². The molecule has 0 N–H and O–H groups in total. The molecule has 148 valence electrons. The van der Waals surface area contributed by atoms with Crippen molar-refractivity contribution in [1.29, 1.82) is 0 Å². The molecule has 4 rings (SSSR count). The third-order valence-electron chi connectivity index (χ3n) is 5.10. The molecule has 0 aliphatic rings. The molecule has 4 aromatic rings. The fraction of sp³-hybridized carbons (Fsp3) is 0.304. The first-order valence-electron chi connectivity index (χ1n) is 9.94. The Balaban J connectivity index is 1.67. The molecule has 0 saturated carbocycles. The lowest BCUT2D eigenvalue weighted by Gasteiger charge is -2.12. The third-order valence-corrected chi connectivity index (χ3v) is 5.10. The van der Waals surface area contributed by atoms with E-state index >= 15 is 0 Å². The molecule has 0 aliphatic carbocycles. The Morgan fingerprint density at radius 1 is 1.10 bits per heavy atom. The standard InChI is InChI=1S/C23H25N5O/c1-15(2)24-21-11-7-8-14-27(21)22(29)13-12-18-16(3)25-23-19-9-5-6-10-20(19)26-28(23)17(18)4/h5-11,14-15H,12-13H2,1-4H3. The second-order valence-corrected chi connectivity index (χ2v) is 7.56. The first-order valence-corrected chi connectivity index (χ1v) is 9.94. The highest BCUT2D eigenvalue weighted by atomic mass is 16.2. The van der Waals surface area contributed by atoms with Crippen molar-refractivity contribution in [3.05, 3.63) is 71.1 Å². The minimum absolute atomic E-state index is 0.0227. The van der Waals surface area contributed by atoms with Gasteiger partial charge in [0, 0.05) is 35.4 Å². The van der Waals surface area contributed by atoms with Gasteiger partial charge in [-0.1, -0.05) is 18.2 Å². The molecule has 29 heavy (non-hydrogen) atoms. The lowest BCUT2D eigenvalue weighted by Crippen LogP contribution is -2.28. The van der Waals surface area contributed by atoms with Crippen molar-refractivity contribution >= 4 is 22.5 Å². The summed E-state index contributed by atoms with van der Waals surface area (Å²) in [6.45, 7) is 8.05. The minimum Gasteiger partial charge on any atom is -0.274 e. The second-order valence-electron chi connectivity index (χ2n) is 7.56. The average Bonchev–Trinajstić information content (AvgIpc) is 3.06. The van der Waals surface area contributed by atoms with Crippen LogP contribution in [0.3, 0.4) is 0 Å². The smallest absolute Gasteiger partial charge is 0.232 e. The number of aromatic nitrogens is 4. The number of hydrogen-bond donors (Lipinski definition) is 0. The Bertz CT molecular complexity index is 1280. The van der Waals surface area contributed by atoms with Gasteiger partial charge in [0.15, 0.2) is 5.65 Å². The van der Waals surface area contributed by atoms with Crippen LogP contribution in [0.4, 0.5) is 0 Å². The zero-order valence-corrected chi connectivity index (χ0v) is 17.3. The van der Waals surface area contributed by atoms with E-state index in [0.717, 1.165) is 33.5 Å². The van der Waals surface area contributed by atoms with E-state index in [9.17, 15) is 4.79 Å². The molecule has 0 fully saturated rings. The van der Waals surface area contributed by atoms with Gasteiger partial charge < -0.3 is 0 Å². The molecule has 3 aromatic heterocycles. The van der Waals surface area contributed by atoms with Crippen LogP contribution in [0.1, 0.15) is 42.0 Å². The van der Waals surface area contributed by atoms with E-state index in [1.54, 1.807) is 10.8 Å². The summed E-state index contributed by atoms with van der Waals surface area (Å²) >= 11 is 0. The largest absolute Gasteiger partial charge is 0.274 e. The number of rotatable bonds is 4. The number of pyridine rings is 1. The summed E-state index contributed by atoms with van der Waals surface area (Å²) in [5.74, 6) is 0.0227. The van der Waals surface area contributed by atoms with Crippen LogP contribution in [0.25, 0.3) is 16.6 Å². The number of carbonyl (C=O) groups is 1. The fourth-order valence-corrected chi connectivity index (χ4v) is 3.71. The van der Waals surface area contributed by atoms with Gasteiger partial charge in [-0.2, -0.15) is 5.10 Å². The van der Waals surface area contributed by atoms with Crippen LogP contribution in [0.15, 0.2) is 53.7 Å². The van der Waals surface area contributed by atoms with Gasteiger partial charge in [0.2, 0.25) is 5.91 Å². The van der Waals surface area contributed by atoms with Gasteiger partial charge in [-0.3, -0.25) is 14.4 Å². The van der Waals surface area contributed by atoms with Gasteiger partial charge in [0.25, 0.3) is 0 Å². The zero-order valence-electron chi connectivity index (χ0n) is 17.3. The molecule has 0 aliphatic heterocycles. The molecule has 0 amide bonds. The summed E-state index contributed by atoms with van der Waals surface area (Å²) < 4.78 is 3.53. The lowest BCUT2D eigenvalue weighted by atomic mass is 10.1. The number of nitrogens with zero attached hydrogens (tertiary/aromatic N) is 5. The van der Waals surface area contributed by atoms with Crippen molar-refractivity contribution in [2.45, 2.75) is 46.6 Å². The molecular weight excluding hydrogens is 362 g/mol. The van der Waals surface area contributed by atoms with Gasteiger partial charge in [0.1, 0.15) is 5.49 Å². The molecule has 0 radical (unpaired) electrons. The zero-order chi connectivity index (χ0) is 20.5. The highest BCUT2D eigenvalue weighted by molar-refractivity contribution is 5.92. The fourth-order valence-electron chi connectivity index (χ4n) is 3.71. The highest BCUT2D eigenvalue weighted by Gasteiger charge is 2.15.